The molecule has 0 bridgehead atoms. The summed E-state index contributed by atoms with van der Waals surface area (Å²) in [5.41, 5.74) is 1.02. The van der Waals surface area contributed by atoms with E-state index in [0.29, 0.717) is 17.7 Å². The van der Waals surface area contributed by atoms with Crippen molar-refractivity contribution < 1.29 is 13.2 Å². The molecule has 1 atom stereocenters. The number of aromatic nitrogens is 2. The molecule has 0 N–H and O–H groups in total. The summed E-state index contributed by atoms with van der Waals surface area (Å²) in [5, 5.41) is 0. The molecule has 0 spiro atoms. The van der Waals surface area contributed by atoms with Gasteiger partial charge < -0.3 is 4.90 Å². The molecule has 1 aromatic heterocycles. The Balaban J connectivity index is 2.18. The summed E-state index contributed by atoms with van der Waals surface area (Å²) in [5.74, 6) is -0.0307. The number of aryl methyl sites for hydroxylation is 1. The lowest BCUT2D eigenvalue weighted by atomic mass is 10.1. The predicted molar refractivity (Wildman–Crippen MR) is 65.9 cm³/mol. The summed E-state index contributed by atoms with van der Waals surface area (Å²) >= 11 is 0. The van der Waals surface area contributed by atoms with Gasteiger partial charge in [0.2, 0.25) is 0 Å². The number of carbonyl (C=O) groups is 1. The Morgan fingerprint density at radius 1 is 1.50 bits per heavy atom. The van der Waals surface area contributed by atoms with Crippen LogP contribution in [0.4, 0.5) is 0 Å². The fourth-order valence-electron chi connectivity index (χ4n) is 2.04. The van der Waals surface area contributed by atoms with Crippen LogP contribution in [0.25, 0.3) is 0 Å². The normalized spacial score (nSPS) is 21.8. The third-order valence-corrected chi connectivity index (χ3v) is 4.97. The van der Waals surface area contributed by atoms with Crippen molar-refractivity contribution >= 4 is 15.7 Å². The van der Waals surface area contributed by atoms with Crippen molar-refractivity contribution in [2.75, 3.05) is 18.6 Å². The van der Waals surface area contributed by atoms with Gasteiger partial charge in [0, 0.05) is 19.3 Å². The largest absolute Gasteiger partial charge is 0.338 e. The lowest BCUT2D eigenvalue weighted by Crippen LogP contribution is -2.38. The maximum atomic E-state index is 12.2. The number of rotatable bonds is 2. The molecule has 1 aliphatic heterocycles. The third-order valence-electron chi connectivity index (χ3n) is 3.22. The van der Waals surface area contributed by atoms with Crippen molar-refractivity contribution in [2.45, 2.75) is 19.4 Å². The van der Waals surface area contributed by atoms with E-state index in [9.17, 15) is 13.2 Å². The Hall–Kier alpha value is -1.50. The van der Waals surface area contributed by atoms with Gasteiger partial charge in [-0.15, -0.1) is 0 Å². The molecule has 0 saturated carbocycles. The minimum atomic E-state index is -2.99. The second-order valence-corrected chi connectivity index (χ2v) is 6.72. The van der Waals surface area contributed by atoms with Crippen LogP contribution in [0.2, 0.25) is 0 Å². The van der Waals surface area contributed by atoms with Crippen molar-refractivity contribution in [1.29, 1.82) is 0 Å². The van der Waals surface area contributed by atoms with E-state index in [1.807, 2.05) is 0 Å². The molecule has 1 unspecified atom stereocenters. The molecule has 0 aliphatic carbocycles. The van der Waals surface area contributed by atoms with E-state index >= 15 is 0 Å². The molecule has 1 fully saturated rings. The lowest BCUT2D eigenvalue weighted by molar-refractivity contribution is 0.0746. The van der Waals surface area contributed by atoms with Crippen molar-refractivity contribution in [2.24, 2.45) is 0 Å². The van der Waals surface area contributed by atoms with E-state index in [0.717, 1.165) is 0 Å². The molecule has 1 amide bonds. The summed E-state index contributed by atoms with van der Waals surface area (Å²) in [6.45, 7) is 1.73. The van der Waals surface area contributed by atoms with Crippen LogP contribution in [-0.4, -0.2) is 53.8 Å². The van der Waals surface area contributed by atoms with E-state index in [-0.39, 0.29) is 23.5 Å². The summed E-state index contributed by atoms with van der Waals surface area (Å²) in [4.78, 5) is 21.5. The first-order chi connectivity index (χ1) is 8.41. The molecule has 0 aromatic carbocycles. The molecule has 7 heteroatoms. The molecule has 1 aromatic rings. The van der Waals surface area contributed by atoms with Gasteiger partial charge in [-0.1, -0.05) is 0 Å². The molecular formula is C11H15N3O3S. The molecule has 0 radical (unpaired) electrons. The van der Waals surface area contributed by atoms with E-state index in [2.05, 4.69) is 9.97 Å². The summed E-state index contributed by atoms with van der Waals surface area (Å²) in [7, 11) is -1.37. The maximum Gasteiger partial charge on any atom is 0.257 e. The van der Waals surface area contributed by atoms with Gasteiger partial charge in [-0.05, 0) is 13.3 Å². The fraction of sp³-hybridized carbons (Fsp3) is 0.545. The molecule has 6 nitrogen and oxygen atoms in total. The van der Waals surface area contributed by atoms with Crippen molar-refractivity contribution in [3.05, 3.63) is 23.8 Å². The van der Waals surface area contributed by atoms with E-state index in [1.54, 1.807) is 14.0 Å². The van der Waals surface area contributed by atoms with Crippen LogP contribution in [0, 0.1) is 6.92 Å². The average molecular weight is 269 g/mol. The topological polar surface area (TPSA) is 80.2 Å². The molecule has 1 saturated heterocycles. The van der Waals surface area contributed by atoms with Crippen LogP contribution in [0.1, 0.15) is 22.5 Å². The molecule has 2 heterocycles. The molecule has 1 aliphatic rings. The Morgan fingerprint density at radius 3 is 2.78 bits per heavy atom. The van der Waals surface area contributed by atoms with Crippen LogP contribution in [0.15, 0.2) is 12.5 Å². The number of hydrogen-bond acceptors (Lipinski definition) is 5. The highest BCUT2D eigenvalue weighted by molar-refractivity contribution is 7.91. The SMILES string of the molecule is Cc1ncncc1C(=O)N(C)C1CCS(=O)(=O)C1. The van der Waals surface area contributed by atoms with Gasteiger partial charge in [-0.2, -0.15) is 0 Å². The Morgan fingerprint density at radius 2 is 2.22 bits per heavy atom. The summed E-state index contributed by atoms with van der Waals surface area (Å²) in [6.07, 6.45) is 3.34. The molecular weight excluding hydrogens is 254 g/mol. The van der Waals surface area contributed by atoms with Gasteiger partial charge >= 0.3 is 0 Å². The third kappa shape index (κ3) is 2.50. The zero-order valence-electron chi connectivity index (χ0n) is 10.3. The Bertz CT molecular complexity index is 571. The minimum absolute atomic E-state index is 0.0436. The zero-order chi connectivity index (χ0) is 13.3. The highest BCUT2D eigenvalue weighted by atomic mass is 32.2. The van der Waals surface area contributed by atoms with Gasteiger partial charge in [0.05, 0.1) is 22.8 Å². The highest BCUT2D eigenvalue weighted by Gasteiger charge is 2.33. The highest BCUT2D eigenvalue weighted by Crippen LogP contribution is 2.18. The number of nitrogens with zero attached hydrogens (tertiary/aromatic N) is 3. The number of amides is 1. The molecule has 18 heavy (non-hydrogen) atoms. The Kier molecular flexibility index (Phi) is 3.34. The van der Waals surface area contributed by atoms with Gasteiger partial charge in [-0.3, -0.25) is 4.79 Å². The fourth-order valence-corrected chi connectivity index (χ4v) is 3.81. The number of sulfone groups is 1. The van der Waals surface area contributed by atoms with E-state index < -0.39 is 9.84 Å². The van der Waals surface area contributed by atoms with Crippen LogP contribution in [0.5, 0.6) is 0 Å². The molecule has 2 rings (SSSR count). The minimum Gasteiger partial charge on any atom is -0.338 e. The van der Waals surface area contributed by atoms with Crippen LogP contribution in [-0.2, 0) is 9.84 Å². The standard InChI is InChI=1S/C11H15N3O3S/c1-8-10(5-12-7-13-8)11(15)14(2)9-3-4-18(16,17)6-9/h5,7,9H,3-4,6H2,1-2H3. The maximum absolute atomic E-state index is 12.2. The van der Waals surface area contributed by atoms with Crippen molar-refractivity contribution in [3.63, 3.8) is 0 Å². The van der Waals surface area contributed by atoms with Crippen LogP contribution in [0.3, 0.4) is 0 Å². The quantitative estimate of drug-likeness (QED) is 0.757. The van der Waals surface area contributed by atoms with E-state index in [4.69, 9.17) is 0 Å². The monoisotopic (exact) mass is 269 g/mol. The van der Waals surface area contributed by atoms with Gasteiger partial charge in [0.25, 0.3) is 5.91 Å². The predicted octanol–water partition coefficient (Wildman–Crippen LogP) is 0.0441. The second-order valence-electron chi connectivity index (χ2n) is 4.49. The number of carbonyl (C=O) groups excluding carboxylic acids is 1. The number of hydrogen-bond donors (Lipinski definition) is 0. The zero-order valence-corrected chi connectivity index (χ0v) is 11.1. The second kappa shape index (κ2) is 4.64. The first-order valence-corrected chi connectivity index (χ1v) is 7.47. The lowest BCUT2D eigenvalue weighted by Gasteiger charge is -2.23. The van der Waals surface area contributed by atoms with Gasteiger partial charge in [-0.25, -0.2) is 18.4 Å². The summed E-state index contributed by atoms with van der Waals surface area (Å²) < 4.78 is 22.8. The Labute approximate surface area is 106 Å². The average Bonchev–Trinajstić information content (AvgIpc) is 2.68. The van der Waals surface area contributed by atoms with Crippen LogP contribution < -0.4 is 0 Å². The van der Waals surface area contributed by atoms with Crippen molar-refractivity contribution in [1.82, 2.24) is 14.9 Å². The van der Waals surface area contributed by atoms with Gasteiger partial charge in [0.1, 0.15) is 6.33 Å². The van der Waals surface area contributed by atoms with E-state index in [1.165, 1.54) is 17.4 Å². The van der Waals surface area contributed by atoms with Crippen LogP contribution >= 0.6 is 0 Å². The van der Waals surface area contributed by atoms with Gasteiger partial charge in [0.15, 0.2) is 9.84 Å². The summed E-state index contributed by atoms with van der Waals surface area (Å²) in [6, 6.07) is -0.248. The molecule has 98 valence electrons. The first kappa shape index (κ1) is 12.9. The first-order valence-electron chi connectivity index (χ1n) is 5.65. The van der Waals surface area contributed by atoms with Crippen molar-refractivity contribution in [3.8, 4) is 0 Å². The smallest absolute Gasteiger partial charge is 0.257 e.